The summed E-state index contributed by atoms with van der Waals surface area (Å²) in [4.78, 5) is 13.6. The van der Waals surface area contributed by atoms with Crippen LogP contribution in [0, 0.1) is 0 Å². The molecule has 0 heterocycles. The summed E-state index contributed by atoms with van der Waals surface area (Å²) in [7, 11) is 0. The van der Waals surface area contributed by atoms with Crippen molar-refractivity contribution in [3.05, 3.63) is 66.2 Å². The van der Waals surface area contributed by atoms with E-state index in [1.165, 1.54) is 0 Å². The Bertz CT molecular complexity index is 469. The van der Waals surface area contributed by atoms with Crippen molar-refractivity contribution >= 4 is 17.9 Å². The lowest BCUT2D eigenvalue weighted by Gasteiger charge is -1.92. The van der Waals surface area contributed by atoms with Gasteiger partial charge in [0.1, 0.15) is 0 Å². The number of hydrogen-bond acceptors (Lipinski definition) is 3. The summed E-state index contributed by atoms with van der Waals surface area (Å²) >= 11 is 0. The normalized spacial score (nSPS) is 9.74. The van der Waals surface area contributed by atoms with Crippen LogP contribution in [-0.4, -0.2) is 23.8 Å². The molecule has 4 heteroatoms. The van der Waals surface area contributed by atoms with E-state index in [2.05, 4.69) is 10.7 Å². The standard InChI is InChI=1S/C13H11N.C2H5NO2/c1-3-7-12(8-4-1)11-14-13-9-5-2-6-10-13;3-1-2(4)5/h1-11H;1,3H2,(H,4,5)/b14-11+;. The Morgan fingerprint density at radius 3 is 2.00 bits per heavy atom. The van der Waals surface area contributed by atoms with Crippen LogP contribution in [0.25, 0.3) is 0 Å². The molecule has 0 saturated carbocycles. The van der Waals surface area contributed by atoms with Crippen molar-refractivity contribution in [2.45, 2.75) is 0 Å². The van der Waals surface area contributed by atoms with Gasteiger partial charge in [0.25, 0.3) is 0 Å². The second-order valence-corrected chi connectivity index (χ2v) is 3.60. The van der Waals surface area contributed by atoms with Gasteiger partial charge in [0.05, 0.1) is 12.2 Å². The topological polar surface area (TPSA) is 75.7 Å². The molecule has 2 aromatic rings. The van der Waals surface area contributed by atoms with E-state index in [1.54, 1.807) is 0 Å². The largest absolute Gasteiger partial charge is 0.480 e. The molecule has 0 radical (unpaired) electrons. The van der Waals surface area contributed by atoms with Crippen LogP contribution < -0.4 is 5.73 Å². The van der Waals surface area contributed by atoms with Crippen molar-refractivity contribution < 1.29 is 9.90 Å². The quantitative estimate of drug-likeness (QED) is 0.828. The summed E-state index contributed by atoms with van der Waals surface area (Å²) < 4.78 is 0. The van der Waals surface area contributed by atoms with Crippen molar-refractivity contribution in [1.82, 2.24) is 0 Å². The summed E-state index contributed by atoms with van der Waals surface area (Å²) in [6.07, 6.45) is 1.87. The lowest BCUT2D eigenvalue weighted by Crippen LogP contribution is -2.10. The first-order valence-electron chi connectivity index (χ1n) is 5.78. The third-order valence-electron chi connectivity index (χ3n) is 2.09. The van der Waals surface area contributed by atoms with E-state index >= 15 is 0 Å². The van der Waals surface area contributed by atoms with Gasteiger partial charge in [0.15, 0.2) is 0 Å². The highest BCUT2D eigenvalue weighted by atomic mass is 16.4. The van der Waals surface area contributed by atoms with E-state index in [0.29, 0.717) is 0 Å². The first kappa shape index (κ1) is 14.6. The zero-order valence-electron chi connectivity index (χ0n) is 10.4. The van der Waals surface area contributed by atoms with Gasteiger partial charge in [0, 0.05) is 6.21 Å². The Hall–Kier alpha value is -2.46. The Morgan fingerprint density at radius 1 is 1.05 bits per heavy atom. The Morgan fingerprint density at radius 2 is 1.53 bits per heavy atom. The number of carbonyl (C=O) groups is 1. The molecular weight excluding hydrogens is 240 g/mol. The lowest BCUT2D eigenvalue weighted by atomic mass is 10.2. The molecule has 4 nitrogen and oxygen atoms in total. The number of carboxylic acid groups (broad SMARTS) is 1. The lowest BCUT2D eigenvalue weighted by molar-refractivity contribution is -0.135. The van der Waals surface area contributed by atoms with Crippen molar-refractivity contribution in [1.29, 1.82) is 0 Å². The minimum atomic E-state index is -0.968. The van der Waals surface area contributed by atoms with E-state index in [4.69, 9.17) is 5.11 Å². The van der Waals surface area contributed by atoms with Crippen molar-refractivity contribution in [2.75, 3.05) is 6.54 Å². The number of aliphatic carboxylic acids is 1. The van der Waals surface area contributed by atoms with Crippen molar-refractivity contribution in [3.8, 4) is 0 Å². The molecule has 0 spiro atoms. The molecule has 0 atom stereocenters. The average Bonchev–Trinajstić information content (AvgIpc) is 2.48. The van der Waals surface area contributed by atoms with Crippen molar-refractivity contribution in [2.24, 2.45) is 10.7 Å². The Kier molecular flexibility index (Phi) is 6.61. The van der Waals surface area contributed by atoms with Crippen LogP contribution in [0.2, 0.25) is 0 Å². The summed E-state index contributed by atoms with van der Waals surface area (Å²) in [6, 6.07) is 20.0. The van der Waals surface area contributed by atoms with Gasteiger partial charge in [-0.1, -0.05) is 48.5 Å². The molecule has 0 aliphatic rings. The SMILES string of the molecule is C(=N\c1ccccc1)/c1ccccc1.NCC(=O)O. The van der Waals surface area contributed by atoms with Gasteiger partial charge in [-0.3, -0.25) is 9.79 Å². The summed E-state index contributed by atoms with van der Waals surface area (Å²) in [5.74, 6) is -0.968. The minimum absolute atomic E-state index is 0.278. The first-order chi connectivity index (χ1) is 9.22. The second kappa shape index (κ2) is 8.60. The number of rotatable bonds is 3. The van der Waals surface area contributed by atoms with E-state index in [0.717, 1.165) is 11.3 Å². The summed E-state index contributed by atoms with van der Waals surface area (Å²) in [5, 5.41) is 7.60. The smallest absolute Gasteiger partial charge is 0.317 e. The van der Waals surface area contributed by atoms with Crippen LogP contribution in [-0.2, 0) is 4.79 Å². The predicted molar refractivity (Wildman–Crippen MR) is 76.8 cm³/mol. The van der Waals surface area contributed by atoms with E-state index in [9.17, 15) is 4.79 Å². The molecule has 3 N–H and O–H groups in total. The highest BCUT2D eigenvalue weighted by Crippen LogP contribution is 2.09. The van der Waals surface area contributed by atoms with E-state index < -0.39 is 5.97 Å². The molecule has 0 bridgehead atoms. The molecule has 0 unspecified atom stereocenters. The number of benzene rings is 2. The van der Waals surface area contributed by atoms with Crippen molar-refractivity contribution in [3.63, 3.8) is 0 Å². The Labute approximate surface area is 112 Å². The van der Waals surface area contributed by atoms with Crippen LogP contribution in [0.5, 0.6) is 0 Å². The van der Waals surface area contributed by atoms with E-state index in [1.807, 2.05) is 66.9 Å². The maximum Gasteiger partial charge on any atom is 0.317 e. The van der Waals surface area contributed by atoms with E-state index in [-0.39, 0.29) is 6.54 Å². The van der Waals surface area contributed by atoms with Gasteiger partial charge in [-0.05, 0) is 17.7 Å². The van der Waals surface area contributed by atoms with Crippen LogP contribution in [0.1, 0.15) is 5.56 Å². The molecule has 98 valence electrons. The third-order valence-corrected chi connectivity index (χ3v) is 2.09. The first-order valence-corrected chi connectivity index (χ1v) is 5.78. The average molecular weight is 256 g/mol. The zero-order valence-corrected chi connectivity index (χ0v) is 10.4. The predicted octanol–water partition coefficient (Wildman–Crippen LogP) is 2.47. The zero-order chi connectivity index (χ0) is 13.9. The van der Waals surface area contributed by atoms with Crippen LogP contribution >= 0.6 is 0 Å². The Balaban J connectivity index is 0.000000312. The summed E-state index contributed by atoms with van der Waals surface area (Å²) in [6.45, 7) is -0.278. The summed E-state index contributed by atoms with van der Waals surface area (Å²) in [5.41, 5.74) is 6.68. The highest BCUT2D eigenvalue weighted by molar-refractivity contribution is 5.81. The highest BCUT2D eigenvalue weighted by Gasteiger charge is 1.85. The molecular formula is C15H16N2O2. The number of hydrogen-bond donors (Lipinski definition) is 2. The molecule has 0 aliphatic carbocycles. The van der Waals surface area contributed by atoms with Gasteiger partial charge in [0.2, 0.25) is 0 Å². The minimum Gasteiger partial charge on any atom is -0.480 e. The monoisotopic (exact) mass is 256 g/mol. The maximum atomic E-state index is 9.24. The molecule has 0 aliphatic heterocycles. The number of carboxylic acids is 1. The van der Waals surface area contributed by atoms with Crippen LogP contribution in [0.3, 0.4) is 0 Å². The molecule has 19 heavy (non-hydrogen) atoms. The molecule has 0 fully saturated rings. The molecule has 0 saturated heterocycles. The molecule has 2 rings (SSSR count). The number of nitrogens with zero attached hydrogens (tertiary/aromatic N) is 1. The van der Waals surface area contributed by atoms with Gasteiger partial charge in [-0.15, -0.1) is 0 Å². The van der Waals surface area contributed by atoms with Gasteiger partial charge >= 0.3 is 5.97 Å². The molecule has 0 aromatic heterocycles. The molecule has 2 aromatic carbocycles. The third kappa shape index (κ3) is 6.75. The fourth-order valence-corrected chi connectivity index (χ4v) is 1.20. The van der Waals surface area contributed by atoms with Gasteiger partial charge in [-0.25, -0.2) is 0 Å². The van der Waals surface area contributed by atoms with Crippen LogP contribution in [0.15, 0.2) is 65.7 Å². The number of nitrogens with two attached hydrogens (primary N) is 1. The fraction of sp³-hybridized carbons (Fsp3) is 0.0667. The molecule has 0 amide bonds. The number of para-hydroxylation sites is 1. The second-order valence-electron chi connectivity index (χ2n) is 3.60. The van der Waals surface area contributed by atoms with Crippen LogP contribution in [0.4, 0.5) is 5.69 Å². The number of aliphatic imine (C=N–C) groups is 1. The maximum absolute atomic E-state index is 9.24. The van der Waals surface area contributed by atoms with Gasteiger partial charge < -0.3 is 10.8 Å². The fourth-order valence-electron chi connectivity index (χ4n) is 1.20. The van der Waals surface area contributed by atoms with Gasteiger partial charge in [-0.2, -0.15) is 0 Å².